The molecule has 6 heteroatoms. The highest BCUT2D eigenvalue weighted by Crippen LogP contribution is 2.26. The number of nitrogens with zero attached hydrogens (tertiary/aromatic N) is 3. The summed E-state index contributed by atoms with van der Waals surface area (Å²) in [6, 6.07) is 13.9. The van der Waals surface area contributed by atoms with Crippen LogP contribution >= 0.6 is 12.2 Å². The fraction of sp³-hybridized carbons (Fsp3) is 0.190. The number of pyridine rings is 2. The number of aromatic nitrogens is 2. The van der Waals surface area contributed by atoms with Crippen LogP contribution in [0, 0.1) is 6.92 Å². The molecular weight excluding hydrogens is 356 g/mol. The molecule has 0 atom stereocenters. The Kier molecular flexibility index (Phi) is 6.33. The van der Waals surface area contributed by atoms with Gasteiger partial charge in [0.1, 0.15) is 5.75 Å². The van der Waals surface area contributed by atoms with Crippen LogP contribution < -0.4 is 10.1 Å². The second kappa shape index (κ2) is 9.09. The highest BCUT2D eigenvalue weighted by Gasteiger charge is 2.14. The average Bonchev–Trinajstić information content (AvgIpc) is 2.69. The van der Waals surface area contributed by atoms with Gasteiger partial charge in [-0.05, 0) is 66.2 Å². The number of hydrogen-bond acceptors (Lipinski definition) is 4. The zero-order chi connectivity index (χ0) is 19.1. The molecule has 0 aliphatic rings. The van der Waals surface area contributed by atoms with Crippen LogP contribution in [-0.4, -0.2) is 27.1 Å². The summed E-state index contributed by atoms with van der Waals surface area (Å²) in [6.45, 7) is 3.35. The van der Waals surface area contributed by atoms with E-state index in [9.17, 15) is 0 Å². The van der Waals surface area contributed by atoms with Crippen LogP contribution in [0.25, 0.3) is 0 Å². The predicted octanol–water partition coefficient (Wildman–Crippen LogP) is 4.19. The molecule has 0 radical (unpaired) electrons. The van der Waals surface area contributed by atoms with Crippen molar-refractivity contribution in [2.75, 3.05) is 12.4 Å². The Labute approximate surface area is 165 Å². The Morgan fingerprint density at radius 2 is 1.81 bits per heavy atom. The number of thiocarbonyl (C=S) groups is 1. The lowest BCUT2D eigenvalue weighted by Crippen LogP contribution is -2.34. The van der Waals surface area contributed by atoms with Crippen LogP contribution in [0.3, 0.4) is 0 Å². The fourth-order valence-electron chi connectivity index (χ4n) is 2.73. The summed E-state index contributed by atoms with van der Waals surface area (Å²) in [5.41, 5.74) is 4.21. The normalized spacial score (nSPS) is 10.3. The molecule has 3 rings (SSSR count). The zero-order valence-corrected chi connectivity index (χ0v) is 16.2. The monoisotopic (exact) mass is 378 g/mol. The highest BCUT2D eigenvalue weighted by atomic mass is 32.1. The first-order chi connectivity index (χ1) is 13.2. The Hall–Kier alpha value is -2.99. The molecule has 2 aromatic heterocycles. The van der Waals surface area contributed by atoms with Gasteiger partial charge in [-0.15, -0.1) is 0 Å². The Morgan fingerprint density at radius 3 is 2.52 bits per heavy atom. The van der Waals surface area contributed by atoms with Gasteiger partial charge in [0.05, 0.1) is 12.8 Å². The number of nitrogens with one attached hydrogen (secondary N) is 1. The number of rotatable bonds is 6. The molecule has 0 amide bonds. The van der Waals surface area contributed by atoms with E-state index in [0.29, 0.717) is 18.2 Å². The summed E-state index contributed by atoms with van der Waals surface area (Å²) in [6.07, 6.45) is 7.20. The van der Waals surface area contributed by atoms with E-state index in [1.807, 2.05) is 55.6 Å². The minimum absolute atomic E-state index is 0.625. The topological polar surface area (TPSA) is 50.3 Å². The van der Waals surface area contributed by atoms with E-state index in [1.54, 1.807) is 25.7 Å². The number of aryl methyl sites for hydroxylation is 1. The molecule has 3 aromatic rings. The van der Waals surface area contributed by atoms with Gasteiger partial charge in [-0.25, -0.2) is 0 Å². The maximum atomic E-state index is 5.73. The third kappa shape index (κ3) is 5.24. The molecule has 27 heavy (non-hydrogen) atoms. The second-order valence-electron chi connectivity index (χ2n) is 6.21. The van der Waals surface area contributed by atoms with E-state index in [2.05, 4.69) is 20.2 Å². The maximum absolute atomic E-state index is 5.73. The number of methoxy groups -OCH3 is 1. The molecule has 1 N–H and O–H groups in total. The maximum Gasteiger partial charge on any atom is 0.174 e. The summed E-state index contributed by atoms with van der Waals surface area (Å²) in [5.74, 6) is 0.758. The van der Waals surface area contributed by atoms with Crippen molar-refractivity contribution in [2.45, 2.75) is 20.0 Å². The standard InChI is InChI=1S/C21H22N4OS/c1-16-5-6-20(26-2)19(12-16)24-21(27)25(14-17-7-10-22-11-8-17)15-18-4-3-9-23-13-18/h3-13H,14-15H2,1-2H3,(H,24,27). The third-order valence-electron chi connectivity index (χ3n) is 4.10. The average molecular weight is 379 g/mol. The molecule has 0 bridgehead atoms. The van der Waals surface area contributed by atoms with Crippen LogP contribution in [0.1, 0.15) is 16.7 Å². The van der Waals surface area contributed by atoms with Gasteiger partial charge in [0, 0.05) is 37.9 Å². The van der Waals surface area contributed by atoms with E-state index in [-0.39, 0.29) is 0 Å². The van der Waals surface area contributed by atoms with Crippen molar-refractivity contribution in [3.63, 3.8) is 0 Å². The molecular formula is C21H22N4OS. The Morgan fingerprint density at radius 1 is 1.04 bits per heavy atom. The van der Waals surface area contributed by atoms with E-state index in [4.69, 9.17) is 17.0 Å². The van der Waals surface area contributed by atoms with Crippen molar-refractivity contribution in [2.24, 2.45) is 0 Å². The number of hydrogen-bond donors (Lipinski definition) is 1. The third-order valence-corrected chi connectivity index (χ3v) is 4.46. The minimum Gasteiger partial charge on any atom is -0.495 e. The largest absolute Gasteiger partial charge is 0.495 e. The van der Waals surface area contributed by atoms with Gasteiger partial charge in [-0.2, -0.15) is 0 Å². The lowest BCUT2D eigenvalue weighted by atomic mass is 10.2. The second-order valence-corrected chi connectivity index (χ2v) is 6.59. The molecule has 0 aliphatic carbocycles. The Balaban J connectivity index is 1.83. The van der Waals surface area contributed by atoms with Crippen LogP contribution in [-0.2, 0) is 13.1 Å². The molecule has 0 saturated carbocycles. The van der Waals surface area contributed by atoms with Crippen molar-refractivity contribution >= 4 is 23.0 Å². The minimum atomic E-state index is 0.625. The molecule has 0 spiro atoms. The summed E-state index contributed by atoms with van der Waals surface area (Å²) >= 11 is 5.73. The SMILES string of the molecule is COc1ccc(C)cc1NC(=S)N(Cc1ccncc1)Cc1cccnc1. The van der Waals surface area contributed by atoms with Crippen LogP contribution in [0.4, 0.5) is 5.69 Å². The molecule has 5 nitrogen and oxygen atoms in total. The van der Waals surface area contributed by atoms with Gasteiger partial charge < -0.3 is 15.0 Å². The van der Waals surface area contributed by atoms with Crippen molar-refractivity contribution in [3.05, 3.63) is 83.9 Å². The van der Waals surface area contributed by atoms with E-state index in [1.165, 1.54) is 0 Å². The van der Waals surface area contributed by atoms with Crippen LogP contribution in [0.5, 0.6) is 5.75 Å². The number of ether oxygens (including phenoxy) is 1. The quantitative estimate of drug-likeness (QED) is 0.649. The van der Waals surface area contributed by atoms with E-state index >= 15 is 0 Å². The van der Waals surface area contributed by atoms with Gasteiger partial charge >= 0.3 is 0 Å². The van der Waals surface area contributed by atoms with Crippen molar-refractivity contribution in [1.82, 2.24) is 14.9 Å². The summed E-state index contributed by atoms with van der Waals surface area (Å²) in [5, 5.41) is 3.96. The van der Waals surface area contributed by atoms with Crippen molar-refractivity contribution in [3.8, 4) is 5.75 Å². The van der Waals surface area contributed by atoms with Crippen molar-refractivity contribution < 1.29 is 4.74 Å². The predicted molar refractivity (Wildman–Crippen MR) is 112 cm³/mol. The first-order valence-electron chi connectivity index (χ1n) is 8.64. The molecule has 2 heterocycles. The Bertz CT molecular complexity index is 846. The van der Waals surface area contributed by atoms with E-state index in [0.717, 1.165) is 28.1 Å². The number of anilines is 1. The lowest BCUT2D eigenvalue weighted by Gasteiger charge is -2.26. The van der Waals surface area contributed by atoms with Gasteiger partial charge in [0.15, 0.2) is 5.11 Å². The first kappa shape index (κ1) is 18.8. The molecule has 0 aliphatic heterocycles. The van der Waals surface area contributed by atoms with Crippen molar-refractivity contribution in [1.29, 1.82) is 0 Å². The van der Waals surface area contributed by atoms with Gasteiger partial charge in [0.25, 0.3) is 0 Å². The first-order valence-corrected chi connectivity index (χ1v) is 9.05. The number of benzene rings is 1. The summed E-state index contributed by atoms with van der Waals surface area (Å²) in [4.78, 5) is 10.4. The van der Waals surface area contributed by atoms with Crippen LogP contribution in [0.15, 0.2) is 67.3 Å². The highest BCUT2D eigenvalue weighted by molar-refractivity contribution is 7.80. The summed E-state index contributed by atoms with van der Waals surface area (Å²) < 4.78 is 5.46. The molecule has 1 aromatic carbocycles. The zero-order valence-electron chi connectivity index (χ0n) is 15.4. The van der Waals surface area contributed by atoms with Gasteiger partial charge in [0.2, 0.25) is 0 Å². The molecule has 0 saturated heterocycles. The summed E-state index contributed by atoms with van der Waals surface area (Å²) in [7, 11) is 1.66. The van der Waals surface area contributed by atoms with Crippen LogP contribution in [0.2, 0.25) is 0 Å². The van der Waals surface area contributed by atoms with E-state index < -0.39 is 0 Å². The van der Waals surface area contributed by atoms with Gasteiger partial charge in [-0.3, -0.25) is 9.97 Å². The molecule has 138 valence electrons. The molecule has 0 unspecified atom stereocenters. The fourth-order valence-corrected chi connectivity index (χ4v) is 2.97. The molecule has 0 fully saturated rings. The smallest absolute Gasteiger partial charge is 0.174 e. The van der Waals surface area contributed by atoms with Gasteiger partial charge in [-0.1, -0.05) is 12.1 Å². The lowest BCUT2D eigenvalue weighted by molar-refractivity contribution is 0.408.